The van der Waals surface area contributed by atoms with Gasteiger partial charge in [-0.05, 0) is 12.8 Å². The van der Waals surface area contributed by atoms with Gasteiger partial charge in [0.2, 0.25) is 18.1 Å². The predicted octanol–water partition coefficient (Wildman–Crippen LogP) is 0.427. The van der Waals surface area contributed by atoms with Gasteiger partial charge in [0.15, 0.2) is 0 Å². The Hall–Kier alpha value is -1.39. The van der Waals surface area contributed by atoms with Gasteiger partial charge < -0.3 is 11.1 Å². The van der Waals surface area contributed by atoms with Crippen molar-refractivity contribution in [2.24, 2.45) is 5.73 Å². The van der Waals surface area contributed by atoms with Crippen molar-refractivity contribution in [2.75, 3.05) is 0 Å². The van der Waals surface area contributed by atoms with Gasteiger partial charge in [0.05, 0.1) is 6.04 Å². The Labute approximate surface area is 95.8 Å². The third-order valence-electron chi connectivity index (χ3n) is 2.16. The molecule has 0 aromatic carbocycles. The van der Waals surface area contributed by atoms with Crippen molar-refractivity contribution in [2.45, 2.75) is 51.5 Å². The van der Waals surface area contributed by atoms with Crippen LogP contribution in [0, 0.1) is 0 Å². The summed E-state index contributed by atoms with van der Waals surface area (Å²) in [6.07, 6.45) is 5.23. The molecule has 0 bridgehead atoms. The molecule has 0 rings (SSSR count). The second-order valence-corrected chi connectivity index (χ2v) is 3.70. The lowest BCUT2D eigenvalue weighted by atomic mass is 10.1. The summed E-state index contributed by atoms with van der Waals surface area (Å²) in [6.45, 7) is 2.05. The van der Waals surface area contributed by atoms with E-state index < -0.39 is 11.9 Å². The molecule has 5 nitrogen and oxygen atoms in total. The molecule has 0 heterocycles. The minimum Gasteiger partial charge on any atom is -0.370 e. The lowest BCUT2D eigenvalue weighted by Crippen LogP contribution is -2.36. The largest absolute Gasteiger partial charge is 0.370 e. The number of hydrogen-bond acceptors (Lipinski definition) is 3. The number of unbranched alkanes of at least 4 members (excludes halogenated alkanes) is 2. The van der Waals surface area contributed by atoms with Crippen LogP contribution in [-0.2, 0) is 14.4 Å². The van der Waals surface area contributed by atoms with Crippen molar-refractivity contribution in [3.8, 4) is 0 Å². The highest BCUT2D eigenvalue weighted by Gasteiger charge is 2.12. The van der Waals surface area contributed by atoms with Crippen LogP contribution in [0.4, 0.5) is 0 Å². The second-order valence-electron chi connectivity index (χ2n) is 3.70. The number of nitrogens with one attached hydrogen (secondary N) is 1. The molecule has 0 fully saturated rings. The number of rotatable bonds is 9. The van der Waals surface area contributed by atoms with Gasteiger partial charge in [-0.2, -0.15) is 0 Å². The number of amides is 2. The van der Waals surface area contributed by atoms with Gasteiger partial charge in [0.25, 0.3) is 0 Å². The Morgan fingerprint density at radius 2 is 2.00 bits per heavy atom. The minimum absolute atomic E-state index is 0.0785. The molecule has 0 spiro atoms. The summed E-state index contributed by atoms with van der Waals surface area (Å²) in [6, 6.07) is -0.721. The quantitative estimate of drug-likeness (QED) is 0.560. The predicted molar refractivity (Wildman–Crippen MR) is 60.2 cm³/mol. The Bertz CT molecular complexity index is 241. The van der Waals surface area contributed by atoms with Gasteiger partial charge in [-0.15, -0.1) is 0 Å². The van der Waals surface area contributed by atoms with E-state index in [4.69, 9.17) is 5.73 Å². The van der Waals surface area contributed by atoms with E-state index in [1.54, 1.807) is 6.29 Å². The molecular formula is C11H19N2O3. The SMILES string of the molecule is CCCCCC(=O)N[C@@H]([C]=O)CCC(N)=O. The molecule has 5 heteroatoms. The highest BCUT2D eigenvalue weighted by molar-refractivity contribution is 5.80. The first-order valence-electron chi connectivity index (χ1n) is 5.55. The van der Waals surface area contributed by atoms with E-state index in [1.807, 2.05) is 6.92 Å². The highest BCUT2D eigenvalue weighted by Crippen LogP contribution is 2.00. The van der Waals surface area contributed by atoms with Gasteiger partial charge in [-0.25, -0.2) is 0 Å². The summed E-state index contributed by atoms with van der Waals surface area (Å²) in [5, 5.41) is 2.51. The van der Waals surface area contributed by atoms with Crippen molar-refractivity contribution in [1.29, 1.82) is 0 Å². The van der Waals surface area contributed by atoms with E-state index >= 15 is 0 Å². The van der Waals surface area contributed by atoms with E-state index in [9.17, 15) is 14.4 Å². The Kier molecular flexibility index (Phi) is 8.11. The summed E-state index contributed by atoms with van der Waals surface area (Å²) in [5.41, 5.74) is 4.94. The molecule has 1 atom stereocenters. The molecule has 0 aliphatic carbocycles. The zero-order valence-electron chi connectivity index (χ0n) is 9.62. The van der Waals surface area contributed by atoms with E-state index in [0.717, 1.165) is 19.3 Å². The van der Waals surface area contributed by atoms with Crippen LogP contribution < -0.4 is 11.1 Å². The van der Waals surface area contributed by atoms with Crippen molar-refractivity contribution in [3.05, 3.63) is 0 Å². The average molecular weight is 227 g/mol. The first kappa shape index (κ1) is 14.6. The third-order valence-corrected chi connectivity index (χ3v) is 2.16. The molecule has 0 saturated carbocycles. The zero-order chi connectivity index (χ0) is 12.4. The lowest BCUT2D eigenvalue weighted by Gasteiger charge is -2.10. The van der Waals surface area contributed by atoms with Crippen LogP contribution in [-0.4, -0.2) is 24.1 Å². The monoisotopic (exact) mass is 227 g/mol. The van der Waals surface area contributed by atoms with Crippen LogP contribution in [0.2, 0.25) is 0 Å². The Morgan fingerprint density at radius 3 is 2.50 bits per heavy atom. The molecule has 0 aliphatic rings. The number of hydrogen-bond donors (Lipinski definition) is 2. The first-order chi connectivity index (χ1) is 7.60. The van der Waals surface area contributed by atoms with E-state index in [0.29, 0.717) is 6.42 Å². The maximum Gasteiger partial charge on any atom is 0.222 e. The number of primary amides is 1. The normalized spacial score (nSPS) is 11.8. The maximum atomic E-state index is 11.3. The van der Waals surface area contributed by atoms with E-state index in [1.165, 1.54) is 0 Å². The maximum absolute atomic E-state index is 11.3. The van der Waals surface area contributed by atoms with Gasteiger partial charge >= 0.3 is 0 Å². The van der Waals surface area contributed by atoms with Crippen LogP contribution in [0.15, 0.2) is 0 Å². The molecule has 91 valence electrons. The number of carbonyl (C=O) groups is 2. The van der Waals surface area contributed by atoms with Crippen molar-refractivity contribution < 1.29 is 14.4 Å². The standard InChI is InChI=1S/C11H19N2O3/c1-2-3-4-5-11(16)13-9(8-14)6-7-10(12)15/h9H,2-7H2,1H3,(H2,12,15)(H,13,16)/t9-/m1/s1. The smallest absolute Gasteiger partial charge is 0.222 e. The summed E-state index contributed by atoms with van der Waals surface area (Å²) in [7, 11) is 0. The van der Waals surface area contributed by atoms with Crippen LogP contribution in [0.5, 0.6) is 0 Å². The number of carbonyl (C=O) groups excluding carboxylic acids is 3. The molecule has 0 aromatic rings. The second kappa shape index (κ2) is 8.88. The number of nitrogens with two attached hydrogens (primary N) is 1. The summed E-state index contributed by atoms with van der Waals surface area (Å²) < 4.78 is 0. The Morgan fingerprint density at radius 1 is 1.31 bits per heavy atom. The molecule has 0 aliphatic heterocycles. The first-order valence-corrected chi connectivity index (χ1v) is 5.55. The van der Waals surface area contributed by atoms with Crippen molar-refractivity contribution >= 4 is 18.1 Å². The van der Waals surface area contributed by atoms with Crippen LogP contribution in [0.25, 0.3) is 0 Å². The molecule has 3 N–H and O–H groups in total. The fourth-order valence-electron chi connectivity index (χ4n) is 1.25. The van der Waals surface area contributed by atoms with Crippen molar-refractivity contribution in [1.82, 2.24) is 5.32 Å². The lowest BCUT2D eigenvalue weighted by molar-refractivity contribution is -0.122. The summed E-state index contributed by atoms with van der Waals surface area (Å²) in [5.74, 6) is -0.660. The van der Waals surface area contributed by atoms with Gasteiger partial charge in [-0.1, -0.05) is 19.8 Å². The summed E-state index contributed by atoms with van der Waals surface area (Å²) >= 11 is 0. The summed E-state index contributed by atoms with van der Waals surface area (Å²) in [4.78, 5) is 32.3. The molecule has 0 aromatic heterocycles. The zero-order valence-corrected chi connectivity index (χ0v) is 9.62. The van der Waals surface area contributed by atoms with Gasteiger partial charge in [0, 0.05) is 12.8 Å². The van der Waals surface area contributed by atoms with Crippen molar-refractivity contribution in [3.63, 3.8) is 0 Å². The van der Waals surface area contributed by atoms with Crippen LogP contribution >= 0.6 is 0 Å². The van der Waals surface area contributed by atoms with Crippen LogP contribution in [0.1, 0.15) is 45.4 Å². The minimum atomic E-state index is -0.721. The molecule has 1 radical (unpaired) electrons. The van der Waals surface area contributed by atoms with E-state index in [2.05, 4.69) is 5.32 Å². The molecule has 0 saturated heterocycles. The fourth-order valence-corrected chi connectivity index (χ4v) is 1.25. The van der Waals surface area contributed by atoms with Crippen LogP contribution in [0.3, 0.4) is 0 Å². The average Bonchev–Trinajstić information content (AvgIpc) is 2.24. The van der Waals surface area contributed by atoms with Gasteiger partial charge in [-0.3, -0.25) is 14.4 Å². The third kappa shape index (κ3) is 7.96. The highest BCUT2D eigenvalue weighted by atomic mass is 16.2. The molecule has 16 heavy (non-hydrogen) atoms. The van der Waals surface area contributed by atoms with Gasteiger partial charge in [0.1, 0.15) is 0 Å². The molecule has 0 unspecified atom stereocenters. The fraction of sp³-hybridized carbons (Fsp3) is 0.727. The molecular weight excluding hydrogens is 208 g/mol. The molecule has 2 amide bonds. The topological polar surface area (TPSA) is 89.3 Å². The Balaban J connectivity index is 3.78. The van der Waals surface area contributed by atoms with E-state index in [-0.39, 0.29) is 18.7 Å².